The number of ether oxygens (including phenoxy) is 1. The van der Waals surface area contributed by atoms with Crippen LogP contribution in [0, 0.1) is 0 Å². The minimum absolute atomic E-state index is 0.761. The molecule has 1 aromatic rings. The van der Waals surface area contributed by atoms with Gasteiger partial charge in [-0.25, -0.2) is 0 Å². The number of benzene rings is 1. The van der Waals surface area contributed by atoms with Gasteiger partial charge in [-0.05, 0) is 23.8 Å². The Hall–Kier alpha value is -1.94. The van der Waals surface area contributed by atoms with Crippen LogP contribution in [-0.4, -0.2) is 0 Å². The van der Waals surface area contributed by atoms with Crippen LogP contribution in [0.1, 0.15) is 5.56 Å². The number of rotatable bonds is 3. The van der Waals surface area contributed by atoms with E-state index in [0.717, 1.165) is 11.3 Å². The van der Waals surface area contributed by atoms with Crippen molar-refractivity contribution in [2.45, 2.75) is 0 Å². The fraction of sp³-hybridized carbons (Fsp3) is 0. The van der Waals surface area contributed by atoms with Gasteiger partial charge in [-0.3, -0.25) is 0 Å². The van der Waals surface area contributed by atoms with Crippen LogP contribution < -0.4 is 4.74 Å². The molecule has 13 heavy (non-hydrogen) atoms. The first-order chi connectivity index (χ1) is 6.36. The fourth-order valence-electron chi connectivity index (χ4n) is 0.870. The van der Waals surface area contributed by atoms with E-state index in [1.807, 2.05) is 24.3 Å². The summed E-state index contributed by atoms with van der Waals surface area (Å²) < 4.78 is 5.14. The van der Waals surface area contributed by atoms with Crippen molar-refractivity contribution in [3.63, 3.8) is 0 Å². The van der Waals surface area contributed by atoms with Crippen LogP contribution >= 0.6 is 0 Å². The summed E-state index contributed by atoms with van der Waals surface area (Å²) in [4.78, 5) is 0. The second-order valence-corrected chi connectivity index (χ2v) is 2.36. The Bertz CT molecular complexity index is 361. The van der Waals surface area contributed by atoms with Gasteiger partial charge in [-0.15, -0.1) is 5.73 Å². The minimum atomic E-state index is 0.761. The van der Waals surface area contributed by atoms with Crippen molar-refractivity contribution < 1.29 is 4.74 Å². The maximum Gasteiger partial charge on any atom is 0.133 e. The summed E-state index contributed by atoms with van der Waals surface area (Å²) in [5.74, 6) is 0.761. The SMILES string of the molecule is C=C=COc1ccc(C=C=C)cc1. The Labute approximate surface area is 78.0 Å². The van der Waals surface area contributed by atoms with Gasteiger partial charge < -0.3 is 4.74 Å². The Kier molecular flexibility index (Phi) is 3.41. The van der Waals surface area contributed by atoms with Crippen LogP contribution in [0.2, 0.25) is 0 Å². The zero-order valence-corrected chi connectivity index (χ0v) is 7.29. The molecule has 64 valence electrons. The zero-order valence-electron chi connectivity index (χ0n) is 7.29. The molecule has 0 aliphatic heterocycles. The Morgan fingerprint density at radius 2 is 1.77 bits per heavy atom. The maximum absolute atomic E-state index is 5.14. The molecule has 1 nitrogen and oxygen atoms in total. The highest BCUT2D eigenvalue weighted by atomic mass is 16.5. The van der Waals surface area contributed by atoms with Crippen molar-refractivity contribution in [1.82, 2.24) is 0 Å². The largest absolute Gasteiger partial charge is 0.457 e. The lowest BCUT2D eigenvalue weighted by molar-refractivity contribution is 0.482. The molecule has 0 atom stereocenters. The standard InChI is InChI=1S/C12H10O/c1-3-5-11-6-8-12(9-7-11)13-10-4-2/h5-10H,1-2H2. The van der Waals surface area contributed by atoms with E-state index in [1.54, 1.807) is 6.08 Å². The average Bonchev–Trinajstić information content (AvgIpc) is 2.17. The van der Waals surface area contributed by atoms with E-state index in [4.69, 9.17) is 4.74 Å². The van der Waals surface area contributed by atoms with Crippen LogP contribution in [0.25, 0.3) is 6.08 Å². The van der Waals surface area contributed by atoms with E-state index in [2.05, 4.69) is 24.6 Å². The van der Waals surface area contributed by atoms with Crippen molar-refractivity contribution in [2.75, 3.05) is 0 Å². The predicted molar refractivity (Wildman–Crippen MR) is 54.4 cm³/mol. The molecule has 0 N–H and O–H groups in total. The van der Waals surface area contributed by atoms with Gasteiger partial charge in [0.2, 0.25) is 0 Å². The molecule has 0 heterocycles. The lowest BCUT2D eigenvalue weighted by Gasteiger charge is -1.98. The van der Waals surface area contributed by atoms with Gasteiger partial charge in [0, 0.05) is 0 Å². The maximum atomic E-state index is 5.14. The molecule has 1 rings (SSSR count). The van der Waals surface area contributed by atoms with E-state index in [0.29, 0.717) is 0 Å². The summed E-state index contributed by atoms with van der Waals surface area (Å²) in [5, 5.41) is 0. The second-order valence-electron chi connectivity index (χ2n) is 2.36. The van der Waals surface area contributed by atoms with Gasteiger partial charge in [-0.1, -0.05) is 31.0 Å². The van der Waals surface area contributed by atoms with Gasteiger partial charge in [0.15, 0.2) is 0 Å². The molecule has 0 amide bonds. The third-order valence-electron chi connectivity index (χ3n) is 1.43. The zero-order chi connectivity index (χ0) is 9.52. The van der Waals surface area contributed by atoms with Gasteiger partial charge >= 0.3 is 0 Å². The minimum Gasteiger partial charge on any atom is -0.457 e. The van der Waals surface area contributed by atoms with Gasteiger partial charge in [0.1, 0.15) is 12.0 Å². The van der Waals surface area contributed by atoms with E-state index < -0.39 is 0 Å². The first-order valence-corrected chi connectivity index (χ1v) is 3.83. The first-order valence-electron chi connectivity index (χ1n) is 3.83. The van der Waals surface area contributed by atoms with Crippen molar-refractivity contribution >= 4 is 6.08 Å². The fourth-order valence-corrected chi connectivity index (χ4v) is 0.870. The topological polar surface area (TPSA) is 9.23 Å². The molecule has 1 aromatic carbocycles. The Balaban J connectivity index is 2.80. The average molecular weight is 170 g/mol. The van der Waals surface area contributed by atoms with Crippen LogP contribution in [0.3, 0.4) is 0 Å². The number of hydrogen-bond donors (Lipinski definition) is 0. The molecule has 0 fully saturated rings. The van der Waals surface area contributed by atoms with Crippen LogP contribution in [-0.2, 0) is 0 Å². The highest BCUT2D eigenvalue weighted by molar-refractivity contribution is 5.49. The van der Waals surface area contributed by atoms with Gasteiger partial charge in [0.25, 0.3) is 0 Å². The third kappa shape index (κ3) is 2.88. The van der Waals surface area contributed by atoms with E-state index >= 15 is 0 Å². The second kappa shape index (κ2) is 4.84. The molecule has 0 radical (unpaired) electrons. The van der Waals surface area contributed by atoms with E-state index in [-0.39, 0.29) is 0 Å². The first kappa shape index (κ1) is 9.15. The summed E-state index contributed by atoms with van der Waals surface area (Å²) >= 11 is 0. The molecule has 0 aliphatic carbocycles. The monoisotopic (exact) mass is 170 g/mol. The Morgan fingerprint density at radius 3 is 2.31 bits per heavy atom. The molecule has 0 spiro atoms. The van der Waals surface area contributed by atoms with E-state index in [1.165, 1.54) is 6.26 Å². The molecule has 0 saturated carbocycles. The van der Waals surface area contributed by atoms with Gasteiger partial charge in [0.05, 0.1) is 0 Å². The summed E-state index contributed by atoms with van der Waals surface area (Å²) in [5.41, 5.74) is 6.28. The van der Waals surface area contributed by atoms with Crippen molar-refractivity contribution in [3.05, 3.63) is 60.7 Å². The molecule has 0 bridgehead atoms. The highest BCUT2D eigenvalue weighted by Crippen LogP contribution is 2.12. The van der Waals surface area contributed by atoms with E-state index in [9.17, 15) is 0 Å². The van der Waals surface area contributed by atoms with Gasteiger partial charge in [-0.2, -0.15) is 0 Å². The highest BCUT2D eigenvalue weighted by Gasteiger charge is 1.89. The lowest BCUT2D eigenvalue weighted by Crippen LogP contribution is -1.80. The van der Waals surface area contributed by atoms with Crippen LogP contribution in [0.5, 0.6) is 5.75 Å². The normalized spacial score (nSPS) is 8.00. The summed E-state index contributed by atoms with van der Waals surface area (Å²) in [6, 6.07) is 7.56. The van der Waals surface area contributed by atoms with Crippen molar-refractivity contribution in [1.29, 1.82) is 0 Å². The lowest BCUT2D eigenvalue weighted by atomic mass is 10.2. The molecule has 1 heteroatoms. The Morgan fingerprint density at radius 1 is 1.08 bits per heavy atom. The third-order valence-corrected chi connectivity index (χ3v) is 1.43. The molecule has 0 aliphatic rings. The molecule has 0 aromatic heterocycles. The summed E-state index contributed by atoms with van der Waals surface area (Å²) in [6.45, 7) is 6.88. The molecule has 0 unspecified atom stereocenters. The number of hydrogen-bond acceptors (Lipinski definition) is 1. The summed E-state index contributed by atoms with van der Waals surface area (Å²) in [6.07, 6.45) is 3.21. The predicted octanol–water partition coefficient (Wildman–Crippen LogP) is 3.16. The molecule has 0 saturated heterocycles. The molecular weight excluding hydrogens is 160 g/mol. The van der Waals surface area contributed by atoms with Crippen LogP contribution in [0.15, 0.2) is 55.1 Å². The van der Waals surface area contributed by atoms with Crippen LogP contribution in [0.4, 0.5) is 0 Å². The smallest absolute Gasteiger partial charge is 0.133 e. The quantitative estimate of drug-likeness (QED) is 0.500. The summed E-state index contributed by atoms with van der Waals surface area (Å²) in [7, 11) is 0. The molecular formula is C12H10O. The van der Waals surface area contributed by atoms with Crippen molar-refractivity contribution in [2.24, 2.45) is 0 Å². The van der Waals surface area contributed by atoms with Crippen molar-refractivity contribution in [3.8, 4) is 5.75 Å².